The highest BCUT2D eigenvalue weighted by atomic mass is 19.3. The van der Waals surface area contributed by atoms with Gasteiger partial charge in [-0.15, -0.1) is 0 Å². The summed E-state index contributed by atoms with van der Waals surface area (Å²) in [6, 6.07) is 14.1. The van der Waals surface area contributed by atoms with Gasteiger partial charge in [-0.1, -0.05) is 24.3 Å². The Labute approximate surface area is 175 Å². The summed E-state index contributed by atoms with van der Waals surface area (Å²) in [5.41, 5.74) is 1.82. The minimum absolute atomic E-state index is 0.0747. The summed E-state index contributed by atoms with van der Waals surface area (Å²) in [7, 11) is 1.64. The Morgan fingerprint density at radius 3 is 2.53 bits per heavy atom. The fraction of sp³-hybridized carbons (Fsp3) is 0.348. The van der Waals surface area contributed by atoms with Crippen LogP contribution in [0, 0.1) is 0 Å². The average Bonchev–Trinajstić information content (AvgIpc) is 3.28. The van der Waals surface area contributed by atoms with Gasteiger partial charge >= 0.3 is 6.61 Å². The highest BCUT2D eigenvalue weighted by molar-refractivity contribution is 5.91. The molecule has 7 heteroatoms. The second kappa shape index (κ2) is 10.7. The lowest BCUT2D eigenvalue weighted by molar-refractivity contribution is -0.116. The van der Waals surface area contributed by atoms with Crippen LogP contribution in [0.15, 0.2) is 54.6 Å². The summed E-state index contributed by atoms with van der Waals surface area (Å²) in [4.78, 5) is 14.7. The Hall–Kier alpha value is -2.93. The molecule has 1 fully saturated rings. The summed E-state index contributed by atoms with van der Waals surface area (Å²) < 4.78 is 34.1. The quantitative estimate of drug-likeness (QED) is 0.621. The van der Waals surface area contributed by atoms with Crippen molar-refractivity contribution in [3.05, 3.63) is 65.7 Å². The number of benzene rings is 2. The van der Waals surface area contributed by atoms with Crippen molar-refractivity contribution in [2.24, 2.45) is 0 Å². The third kappa shape index (κ3) is 6.29. The molecule has 0 bridgehead atoms. The van der Waals surface area contributed by atoms with Crippen LogP contribution < -0.4 is 14.8 Å². The molecule has 1 atom stereocenters. The SMILES string of the molecule is COc1cccc([C@@H](CNC(=O)/C=C/c2ccc(OC(F)F)cc2)N2CCCC2)c1. The molecule has 3 rings (SSSR count). The first kappa shape index (κ1) is 21.8. The maximum absolute atomic E-state index is 12.3. The Morgan fingerprint density at radius 1 is 1.13 bits per heavy atom. The smallest absolute Gasteiger partial charge is 0.387 e. The molecular formula is C23H26F2N2O3. The Kier molecular flexibility index (Phi) is 7.79. The molecule has 1 amide bonds. The molecule has 0 aliphatic carbocycles. The van der Waals surface area contributed by atoms with Gasteiger partial charge in [0.2, 0.25) is 5.91 Å². The van der Waals surface area contributed by atoms with Crippen molar-refractivity contribution in [2.45, 2.75) is 25.5 Å². The number of nitrogens with zero attached hydrogens (tertiary/aromatic N) is 1. The monoisotopic (exact) mass is 416 g/mol. The number of ether oxygens (including phenoxy) is 2. The van der Waals surface area contributed by atoms with Crippen molar-refractivity contribution in [3.63, 3.8) is 0 Å². The van der Waals surface area contributed by atoms with Gasteiger partial charge < -0.3 is 14.8 Å². The lowest BCUT2D eigenvalue weighted by Gasteiger charge is -2.28. The van der Waals surface area contributed by atoms with E-state index in [9.17, 15) is 13.6 Å². The van der Waals surface area contributed by atoms with Crippen molar-refractivity contribution in [3.8, 4) is 11.5 Å². The predicted octanol–water partition coefficient (Wildman–Crippen LogP) is 4.26. The van der Waals surface area contributed by atoms with E-state index in [1.165, 1.54) is 18.2 Å². The summed E-state index contributed by atoms with van der Waals surface area (Å²) in [5.74, 6) is 0.663. The van der Waals surface area contributed by atoms with E-state index >= 15 is 0 Å². The van der Waals surface area contributed by atoms with Crippen LogP contribution in [0.5, 0.6) is 11.5 Å². The number of alkyl halides is 2. The van der Waals surface area contributed by atoms with Crippen molar-refractivity contribution >= 4 is 12.0 Å². The number of methoxy groups -OCH3 is 1. The molecule has 1 aliphatic heterocycles. The van der Waals surface area contributed by atoms with Gasteiger partial charge in [0.1, 0.15) is 11.5 Å². The predicted molar refractivity (Wildman–Crippen MR) is 112 cm³/mol. The molecule has 1 N–H and O–H groups in total. The Morgan fingerprint density at radius 2 is 1.87 bits per heavy atom. The van der Waals surface area contributed by atoms with Gasteiger partial charge in [0.15, 0.2) is 0 Å². The fourth-order valence-electron chi connectivity index (χ4n) is 3.55. The van der Waals surface area contributed by atoms with Crippen LogP contribution in [-0.2, 0) is 4.79 Å². The van der Waals surface area contributed by atoms with Crippen molar-refractivity contribution in [2.75, 3.05) is 26.7 Å². The van der Waals surface area contributed by atoms with Crippen molar-refractivity contribution in [1.82, 2.24) is 10.2 Å². The van der Waals surface area contributed by atoms with Gasteiger partial charge in [-0.2, -0.15) is 8.78 Å². The van der Waals surface area contributed by atoms with Crippen LogP contribution in [-0.4, -0.2) is 44.2 Å². The highest BCUT2D eigenvalue weighted by Crippen LogP contribution is 2.27. The van der Waals surface area contributed by atoms with E-state index < -0.39 is 6.61 Å². The molecule has 0 radical (unpaired) electrons. The number of hydrogen-bond donors (Lipinski definition) is 1. The first-order valence-electron chi connectivity index (χ1n) is 9.94. The first-order valence-corrected chi connectivity index (χ1v) is 9.94. The van der Waals surface area contributed by atoms with Gasteiger partial charge in [-0.3, -0.25) is 9.69 Å². The number of hydrogen-bond acceptors (Lipinski definition) is 4. The zero-order valence-electron chi connectivity index (χ0n) is 16.9. The van der Waals surface area contributed by atoms with E-state index in [2.05, 4.69) is 21.0 Å². The molecule has 160 valence electrons. The fourth-order valence-corrected chi connectivity index (χ4v) is 3.55. The molecule has 5 nitrogen and oxygen atoms in total. The number of likely N-dealkylation sites (tertiary alicyclic amines) is 1. The van der Waals surface area contributed by atoms with Gasteiger partial charge in [-0.05, 0) is 67.4 Å². The van der Waals surface area contributed by atoms with E-state index in [4.69, 9.17) is 4.74 Å². The molecule has 1 aliphatic rings. The normalized spacial score (nSPS) is 15.5. The maximum atomic E-state index is 12.3. The third-order valence-corrected chi connectivity index (χ3v) is 5.06. The lowest BCUT2D eigenvalue weighted by Crippen LogP contribution is -2.36. The molecule has 0 unspecified atom stereocenters. The van der Waals surface area contributed by atoms with Crippen LogP contribution in [0.4, 0.5) is 8.78 Å². The van der Waals surface area contributed by atoms with E-state index in [1.807, 2.05) is 18.2 Å². The zero-order valence-corrected chi connectivity index (χ0v) is 16.9. The minimum Gasteiger partial charge on any atom is -0.497 e. The largest absolute Gasteiger partial charge is 0.497 e. The van der Waals surface area contributed by atoms with Crippen LogP contribution in [0.3, 0.4) is 0 Å². The molecule has 1 saturated heterocycles. The van der Waals surface area contributed by atoms with Crippen molar-refractivity contribution < 1.29 is 23.0 Å². The summed E-state index contributed by atoms with van der Waals surface area (Å²) in [6.07, 6.45) is 5.38. The minimum atomic E-state index is -2.86. The molecule has 0 spiro atoms. The zero-order chi connectivity index (χ0) is 21.3. The van der Waals surface area contributed by atoms with Gasteiger partial charge in [0, 0.05) is 12.6 Å². The molecular weight excluding hydrogens is 390 g/mol. The van der Waals surface area contributed by atoms with Crippen LogP contribution in [0.2, 0.25) is 0 Å². The van der Waals surface area contributed by atoms with E-state index in [1.54, 1.807) is 25.3 Å². The second-order valence-electron chi connectivity index (χ2n) is 7.06. The Balaban J connectivity index is 1.60. The second-order valence-corrected chi connectivity index (χ2v) is 7.06. The van der Waals surface area contributed by atoms with E-state index in [0.29, 0.717) is 6.54 Å². The molecule has 30 heavy (non-hydrogen) atoms. The van der Waals surface area contributed by atoms with Gasteiger partial charge in [-0.25, -0.2) is 0 Å². The first-order chi connectivity index (χ1) is 14.5. The van der Waals surface area contributed by atoms with E-state index in [-0.39, 0.29) is 17.7 Å². The maximum Gasteiger partial charge on any atom is 0.387 e. The Bertz CT molecular complexity index is 850. The summed E-state index contributed by atoms with van der Waals surface area (Å²) in [6.45, 7) is -0.371. The summed E-state index contributed by atoms with van der Waals surface area (Å²) in [5, 5.41) is 2.97. The average molecular weight is 416 g/mol. The number of carbonyl (C=O) groups excluding carboxylic acids is 1. The van der Waals surface area contributed by atoms with E-state index in [0.717, 1.165) is 42.8 Å². The molecule has 1 heterocycles. The topological polar surface area (TPSA) is 50.8 Å². The van der Waals surface area contributed by atoms with Crippen molar-refractivity contribution in [1.29, 1.82) is 0 Å². The molecule has 2 aromatic rings. The number of rotatable bonds is 9. The number of carbonyl (C=O) groups is 1. The summed E-state index contributed by atoms with van der Waals surface area (Å²) >= 11 is 0. The van der Waals surface area contributed by atoms with Crippen LogP contribution >= 0.6 is 0 Å². The number of amides is 1. The third-order valence-electron chi connectivity index (χ3n) is 5.06. The van der Waals surface area contributed by atoms with Gasteiger partial charge in [0.05, 0.1) is 13.2 Å². The standard InChI is InChI=1S/C23H26F2N2O3/c1-29-20-6-4-5-18(15-20)21(27-13-2-3-14-27)16-26-22(28)12-9-17-7-10-19(11-8-17)30-23(24)25/h4-12,15,21,23H,2-3,13-14,16H2,1H3,(H,26,28)/b12-9+/t21-/m1/s1. The molecule has 0 saturated carbocycles. The number of halogens is 2. The molecule has 0 aromatic heterocycles. The van der Waals surface area contributed by atoms with Crippen LogP contribution in [0.25, 0.3) is 6.08 Å². The van der Waals surface area contributed by atoms with Crippen LogP contribution in [0.1, 0.15) is 30.0 Å². The van der Waals surface area contributed by atoms with Gasteiger partial charge in [0.25, 0.3) is 0 Å². The highest BCUT2D eigenvalue weighted by Gasteiger charge is 2.24. The molecule has 2 aromatic carbocycles. The number of nitrogens with one attached hydrogen (secondary N) is 1. The lowest BCUT2D eigenvalue weighted by atomic mass is 10.0.